The summed E-state index contributed by atoms with van der Waals surface area (Å²) in [5.74, 6) is -0.126. The average molecular weight is 436 g/mol. The van der Waals surface area contributed by atoms with E-state index in [4.69, 9.17) is 16.3 Å². The van der Waals surface area contributed by atoms with Crippen molar-refractivity contribution >= 4 is 39.1 Å². The molecule has 2 aliphatic heterocycles. The fourth-order valence-corrected chi connectivity index (χ4v) is 4.97. The third-order valence-corrected chi connectivity index (χ3v) is 7.08. The predicted octanol–water partition coefficient (Wildman–Crippen LogP) is 1.82. The second kappa shape index (κ2) is 7.66. The molecule has 0 atom stereocenters. The molecule has 0 radical (unpaired) electrons. The first kappa shape index (κ1) is 19.7. The van der Waals surface area contributed by atoms with Gasteiger partial charge in [0.15, 0.2) is 6.61 Å². The monoisotopic (exact) mass is 435 g/mol. The number of anilines is 1. The van der Waals surface area contributed by atoms with Crippen LogP contribution in [0.2, 0.25) is 5.02 Å². The molecule has 0 spiro atoms. The van der Waals surface area contributed by atoms with E-state index in [1.807, 2.05) is 0 Å². The van der Waals surface area contributed by atoms with Gasteiger partial charge >= 0.3 is 0 Å². The van der Waals surface area contributed by atoms with E-state index in [0.29, 0.717) is 22.0 Å². The maximum atomic E-state index is 13.0. The highest BCUT2D eigenvalue weighted by molar-refractivity contribution is 7.89. The van der Waals surface area contributed by atoms with E-state index in [-0.39, 0.29) is 49.5 Å². The van der Waals surface area contributed by atoms with Gasteiger partial charge in [-0.25, -0.2) is 8.42 Å². The summed E-state index contributed by atoms with van der Waals surface area (Å²) < 4.78 is 32.6. The predicted molar refractivity (Wildman–Crippen MR) is 107 cm³/mol. The van der Waals surface area contributed by atoms with Gasteiger partial charge in [0.1, 0.15) is 5.75 Å². The molecule has 0 bridgehead atoms. The Bertz CT molecular complexity index is 1080. The van der Waals surface area contributed by atoms with Crippen molar-refractivity contribution < 1.29 is 22.7 Å². The van der Waals surface area contributed by atoms with Crippen molar-refractivity contribution in [2.45, 2.75) is 4.90 Å². The number of benzene rings is 2. The van der Waals surface area contributed by atoms with Gasteiger partial charge in [-0.05, 0) is 30.3 Å². The fraction of sp³-hybridized carbons (Fsp3) is 0.263. The first-order chi connectivity index (χ1) is 13.9. The second-order valence-electron chi connectivity index (χ2n) is 6.67. The summed E-state index contributed by atoms with van der Waals surface area (Å²) in [4.78, 5) is 25.8. The number of amides is 2. The summed E-state index contributed by atoms with van der Waals surface area (Å²) in [5.41, 5.74) is 0.728. The number of nitrogens with one attached hydrogen (secondary N) is 1. The highest BCUT2D eigenvalue weighted by atomic mass is 35.5. The molecule has 29 heavy (non-hydrogen) atoms. The zero-order chi connectivity index (χ0) is 20.6. The van der Waals surface area contributed by atoms with Crippen molar-refractivity contribution in [3.63, 3.8) is 0 Å². The van der Waals surface area contributed by atoms with Crippen molar-refractivity contribution in [3.8, 4) is 5.75 Å². The van der Waals surface area contributed by atoms with Gasteiger partial charge < -0.3 is 15.0 Å². The molecule has 0 aliphatic carbocycles. The van der Waals surface area contributed by atoms with Crippen molar-refractivity contribution in [1.82, 2.24) is 9.21 Å². The minimum absolute atomic E-state index is 0.0629. The van der Waals surface area contributed by atoms with Crippen LogP contribution in [0, 0.1) is 0 Å². The Morgan fingerprint density at radius 2 is 1.79 bits per heavy atom. The zero-order valence-corrected chi connectivity index (χ0v) is 16.9. The molecule has 2 amide bonds. The molecule has 2 aromatic rings. The highest BCUT2D eigenvalue weighted by Gasteiger charge is 2.32. The van der Waals surface area contributed by atoms with E-state index in [1.54, 1.807) is 29.2 Å². The number of hydrogen-bond acceptors (Lipinski definition) is 5. The summed E-state index contributed by atoms with van der Waals surface area (Å²) in [6.07, 6.45) is 0. The average Bonchev–Trinajstić information content (AvgIpc) is 2.73. The lowest BCUT2D eigenvalue weighted by atomic mass is 10.2. The molecule has 2 aromatic carbocycles. The third kappa shape index (κ3) is 3.81. The van der Waals surface area contributed by atoms with Gasteiger partial charge in [-0.3, -0.25) is 9.59 Å². The number of rotatable bonds is 3. The number of halogens is 1. The summed E-state index contributed by atoms with van der Waals surface area (Å²) in [5, 5.41) is 2.97. The summed E-state index contributed by atoms with van der Waals surface area (Å²) in [7, 11) is -3.77. The molecule has 1 N–H and O–H groups in total. The Balaban J connectivity index is 1.48. The maximum absolute atomic E-state index is 13.0. The van der Waals surface area contributed by atoms with Crippen LogP contribution in [0.15, 0.2) is 47.4 Å². The van der Waals surface area contributed by atoms with Crippen LogP contribution in [0.3, 0.4) is 0 Å². The van der Waals surface area contributed by atoms with Gasteiger partial charge in [0.2, 0.25) is 10.0 Å². The van der Waals surface area contributed by atoms with Crippen molar-refractivity contribution in [1.29, 1.82) is 0 Å². The number of hydrogen-bond donors (Lipinski definition) is 1. The lowest BCUT2D eigenvalue weighted by molar-refractivity contribution is -0.118. The Morgan fingerprint density at radius 1 is 1.07 bits per heavy atom. The Kier molecular flexibility index (Phi) is 5.20. The Hall–Kier alpha value is -2.62. The van der Waals surface area contributed by atoms with E-state index in [0.717, 1.165) is 0 Å². The van der Waals surface area contributed by atoms with E-state index >= 15 is 0 Å². The van der Waals surface area contributed by atoms with E-state index in [1.165, 1.54) is 22.5 Å². The molecule has 0 saturated carbocycles. The topological polar surface area (TPSA) is 96.0 Å². The minimum Gasteiger partial charge on any atom is -0.482 e. The number of carbonyl (C=O) groups is 2. The Morgan fingerprint density at radius 3 is 2.52 bits per heavy atom. The molecule has 8 nitrogen and oxygen atoms in total. The maximum Gasteiger partial charge on any atom is 0.262 e. The van der Waals surface area contributed by atoms with Crippen LogP contribution in [-0.2, 0) is 14.8 Å². The second-order valence-corrected chi connectivity index (χ2v) is 9.02. The van der Waals surface area contributed by atoms with Gasteiger partial charge in [-0.1, -0.05) is 23.7 Å². The number of nitrogens with zero attached hydrogens (tertiary/aromatic N) is 2. The number of sulfonamides is 1. The summed E-state index contributed by atoms with van der Waals surface area (Å²) >= 11 is 6.09. The summed E-state index contributed by atoms with van der Waals surface area (Å²) in [6.45, 7) is 0.750. The normalized spacial score (nSPS) is 17.3. The molecule has 0 unspecified atom stereocenters. The number of carbonyl (C=O) groups excluding carboxylic acids is 2. The van der Waals surface area contributed by atoms with Crippen LogP contribution < -0.4 is 10.1 Å². The van der Waals surface area contributed by atoms with Crippen LogP contribution in [0.4, 0.5) is 5.69 Å². The molecule has 0 aromatic heterocycles. The van der Waals surface area contributed by atoms with Gasteiger partial charge in [0.25, 0.3) is 11.8 Å². The fourth-order valence-electron chi connectivity index (χ4n) is 3.31. The van der Waals surface area contributed by atoms with Gasteiger partial charge in [0, 0.05) is 26.2 Å². The molecule has 1 saturated heterocycles. The smallest absolute Gasteiger partial charge is 0.262 e. The molecule has 1 fully saturated rings. The van der Waals surface area contributed by atoms with Crippen LogP contribution in [0.1, 0.15) is 10.4 Å². The molecular weight excluding hydrogens is 418 g/mol. The lowest BCUT2D eigenvalue weighted by Crippen LogP contribution is -2.50. The van der Waals surface area contributed by atoms with E-state index < -0.39 is 10.0 Å². The van der Waals surface area contributed by atoms with Crippen LogP contribution >= 0.6 is 11.6 Å². The number of fused-ring (bicyclic) bond motifs is 1. The SMILES string of the molecule is O=C1COc2ccc(S(=O)(=O)N3CCN(C(=O)c4ccccc4Cl)CC3)cc2N1. The molecule has 152 valence electrons. The van der Waals surface area contributed by atoms with E-state index in [9.17, 15) is 18.0 Å². The quantitative estimate of drug-likeness (QED) is 0.793. The minimum atomic E-state index is -3.77. The first-order valence-electron chi connectivity index (χ1n) is 8.97. The van der Waals surface area contributed by atoms with Crippen molar-refractivity contribution in [2.24, 2.45) is 0 Å². The summed E-state index contributed by atoms with van der Waals surface area (Å²) in [6, 6.07) is 11.1. The van der Waals surface area contributed by atoms with Gasteiger partial charge in [0.05, 0.1) is 21.2 Å². The molecule has 10 heteroatoms. The number of piperazine rings is 1. The van der Waals surface area contributed by atoms with Crippen molar-refractivity contribution in [3.05, 3.63) is 53.1 Å². The lowest BCUT2D eigenvalue weighted by Gasteiger charge is -2.34. The third-order valence-electron chi connectivity index (χ3n) is 4.85. The van der Waals surface area contributed by atoms with E-state index in [2.05, 4.69) is 5.32 Å². The number of ether oxygens (including phenoxy) is 1. The standard InChI is InChI=1S/C19H18ClN3O5S/c20-15-4-2-1-3-14(15)19(25)22-7-9-23(10-8-22)29(26,27)13-5-6-17-16(11-13)21-18(24)12-28-17/h1-6,11H,7-10,12H2,(H,21,24). The molecule has 2 heterocycles. The first-order valence-corrected chi connectivity index (χ1v) is 10.8. The van der Waals surface area contributed by atoms with Gasteiger partial charge in [-0.2, -0.15) is 4.31 Å². The molecule has 4 rings (SSSR count). The van der Waals surface area contributed by atoms with Crippen LogP contribution in [0.25, 0.3) is 0 Å². The largest absolute Gasteiger partial charge is 0.482 e. The molecular formula is C19H18ClN3O5S. The zero-order valence-electron chi connectivity index (χ0n) is 15.3. The van der Waals surface area contributed by atoms with Crippen LogP contribution in [0.5, 0.6) is 5.75 Å². The molecule has 2 aliphatic rings. The highest BCUT2D eigenvalue weighted by Crippen LogP contribution is 2.31. The van der Waals surface area contributed by atoms with Crippen molar-refractivity contribution in [2.75, 3.05) is 38.1 Å². The Labute approximate surface area is 173 Å². The van der Waals surface area contributed by atoms with Gasteiger partial charge in [-0.15, -0.1) is 0 Å². The van der Waals surface area contributed by atoms with Crippen LogP contribution in [-0.4, -0.2) is 62.2 Å².